The van der Waals surface area contributed by atoms with Gasteiger partial charge in [0.1, 0.15) is 4.21 Å². The summed E-state index contributed by atoms with van der Waals surface area (Å²) in [5, 5.41) is 0.385. The number of rotatable bonds is 3. The van der Waals surface area contributed by atoms with E-state index in [9.17, 15) is 8.42 Å². The quantitative estimate of drug-likeness (QED) is 0.720. The second kappa shape index (κ2) is 5.73. The molecule has 1 aromatic heterocycles. The van der Waals surface area contributed by atoms with Gasteiger partial charge in [-0.25, -0.2) is 8.42 Å². The SMILES string of the molecule is Cc1ccc(NS(=O)(=O)c2cc(Cl)c(Br)s2)cc1Br. The maximum Gasteiger partial charge on any atom is 0.271 e. The summed E-state index contributed by atoms with van der Waals surface area (Å²) in [4.78, 5) is 0. The number of hydrogen-bond donors (Lipinski definition) is 1. The van der Waals surface area contributed by atoms with Gasteiger partial charge in [-0.05, 0) is 46.6 Å². The lowest BCUT2D eigenvalue weighted by Gasteiger charge is -2.07. The van der Waals surface area contributed by atoms with Gasteiger partial charge in [0.2, 0.25) is 0 Å². The number of aryl methyl sites for hydroxylation is 1. The van der Waals surface area contributed by atoms with Crippen molar-refractivity contribution in [3.8, 4) is 0 Å². The van der Waals surface area contributed by atoms with Crippen LogP contribution in [0.1, 0.15) is 5.56 Å². The van der Waals surface area contributed by atoms with Crippen LogP contribution in [0.3, 0.4) is 0 Å². The van der Waals surface area contributed by atoms with Gasteiger partial charge in [-0.3, -0.25) is 4.72 Å². The van der Waals surface area contributed by atoms with E-state index in [1.807, 2.05) is 13.0 Å². The van der Waals surface area contributed by atoms with Crippen LogP contribution in [0.25, 0.3) is 0 Å². The minimum absolute atomic E-state index is 0.168. The van der Waals surface area contributed by atoms with E-state index in [2.05, 4.69) is 36.6 Å². The average molecular weight is 446 g/mol. The van der Waals surface area contributed by atoms with Crippen LogP contribution < -0.4 is 4.72 Å². The van der Waals surface area contributed by atoms with Crippen LogP contribution >= 0.6 is 54.8 Å². The summed E-state index contributed by atoms with van der Waals surface area (Å²) in [7, 11) is -3.61. The fourth-order valence-corrected chi connectivity index (χ4v) is 5.15. The number of anilines is 1. The molecule has 0 spiro atoms. The zero-order valence-electron chi connectivity index (χ0n) is 9.58. The van der Waals surface area contributed by atoms with Crippen molar-refractivity contribution in [3.05, 3.63) is 43.1 Å². The Morgan fingerprint density at radius 1 is 1.26 bits per heavy atom. The van der Waals surface area contributed by atoms with Crippen LogP contribution in [0.5, 0.6) is 0 Å². The molecule has 2 rings (SSSR count). The van der Waals surface area contributed by atoms with Gasteiger partial charge in [0, 0.05) is 10.2 Å². The summed E-state index contributed by atoms with van der Waals surface area (Å²) >= 11 is 13.5. The Balaban J connectivity index is 2.33. The number of benzene rings is 1. The van der Waals surface area contributed by atoms with E-state index in [0.717, 1.165) is 21.4 Å². The molecule has 0 saturated carbocycles. The van der Waals surface area contributed by atoms with Crippen molar-refractivity contribution in [2.24, 2.45) is 0 Å². The van der Waals surface area contributed by atoms with Crippen molar-refractivity contribution in [1.82, 2.24) is 0 Å². The molecular weight excluding hydrogens is 438 g/mol. The fraction of sp³-hybridized carbons (Fsp3) is 0.0909. The van der Waals surface area contributed by atoms with Gasteiger partial charge in [0.25, 0.3) is 10.0 Å². The lowest BCUT2D eigenvalue weighted by Crippen LogP contribution is -2.11. The third kappa shape index (κ3) is 3.52. The van der Waals surface area contributed by atoms with Gasteiger partial charge in [-0.1, -0.05) is 33.6 Å². The summed E-state index contributed by atoms with van der Waals surface area (Å²) in [6.07, 6.45) is 0. The molecule has 0 fully saturated rings. The Morgan fingerprint density at radius 3 is 2.47 bits per heavy atom. The molecule has 0 aliphatic rings. The average Bonchev–Trinajstić information content (AvgIpc) is 2.65. The van der Waals surface area contributed by atoms with Crippen molar-refractivity contribution in [2.45, 2.75) is 11.1 Å². The first-order valence-electron chi connectivity index (χ1n) is 5.03. The molecule has 2 aromatic rings. The fourth-order valence-electron chi connectivity index (χ4n) is 1.32. The minimum atomic E-state index is -3.61. The highest BCUT2D eigenvalue weighted by Crippen LogP contribution is 2.35. The van der Waals surface area contributed by atoms with Gasteiger partial charge >= 0.3 is 0 Å². The number of sulfonamides is 1. The highest BCUT2D eigenvalue weighted by atomic mass is 79.9. The van der Waals surface area contributed by atoms with Crippen LogP contribution in [0.2, 0.25) is 5.02 Å². The third-order valence-electron chi connectivity index (χ3n) is 2.31. The monoisotopic (exact) mass is 443 g/mol. The van der Waals surface area contributed by atoms with Gasteiger partial charge in [-0.2, -0.15) is 0 Å². The first kappa shape index (κ1) is 15.3. The molecule has 0 unspecified atom stereocenters. The molecule has 0 bridgehead atoms. The highest BCUT2D eigenvalue weighted by Gasteiger charge is 2.19. The molecule has 0 atom stereocenters. The maximum absolute atomic E-state index is 12.2. The van der Waals surface area contributed by atoms with Crippen molar-refractivity contribution in [1.29, 1.82) is 0 Å². The predicted octanol–water partition coefficient (Wildman–Crippen LogP) is 5.04. The number of thiophene rings is 1. The molecule has 0 radical (unpaired) electrons. The Hall–Kier alpha value is -0.0800. The van der Waals surface area contributed by atoms with Gasteiger partial charge < -0.3 is 0 Å². The maximum atomic E-state index is 12.2. The molecule has 1 aromatic carbocycles. The molecule has 8 heteroatoms. The Bertz CT molecular complexity index is 709. The molecule has 1 N–H and O–H groups in total. The van der Waals surface area contributed by atoms with Gasteiger partial charge in [0.15, 0.2) is 0 Å². The van der Waals surface area contributed by atoms with Crippen LogP contribution in [0.4, 0.5) is 5.69 Å². The van der Waals surface area contributed by atoms with Crippen molar-refractivity contribution in [2.75, 3.05) is 4.72 Å². The standard InChI is InChI=1S/C11H8Br2ClNO2S2/c1-6-2-3-7(4-8(6)12)15-19(16,17)10-5-9(14)11(13)18-10/h2-5,15H,1H3. The Labute approximate surface area is 137 Å². The third-order valence-corrected chi connectivity index (χ3v) is 7.50. The molecule has 102 valence electrons. The molecule has 0 amide bonds. The summed E-state index contributed by atoms with van der Waals surface area (Å²) in [6.45, 7) is 1.93. The summed E-state index contributed by atoms with van der Waals surface area (Å²) in [6, 6.07) is 6.68. The van der Waals surface area contributed by atoms with Crippen LogP contribution in [-0.4, -0.2) is 8.42 Å². The number of halogens is 3. The minimum Gasteiger partial charge on any atom is -0.279 e. The van der Waals surface area contributed by atoms with Crippen LogP contribution in [0, 0.1) is 6.92 Å². The summed E-state index contributed by atoms with van der Waals surface area (Å²) in [5.41, 5.74) is 1.53. The van der Waals surface area contributed by atoms with Crippen LogP contribution in [-0.2, 0) is 10.0 Å². The topological polar surface area (TPSA) is 46.2 Å². The van der Waals surface area contributed by atoms with Crippen LogP contribution in [0.15, 0.2) is 36.7 Å². The molecule has 3 nitrogen and oxygen atoms in total. The lowest BCUT2D eigenvalue weighted by molar-refractivity contribution is 0.603. The highest BCUT2D eigenvalue weighted by molar-refractivity contribution is 9.11. The van der Waals surface area contributed by atoms with E-state index in [-0.39, 0.29) is 4.21 Å². The van der Waals surface area contributed by atoms with Gasteiger partial charge in [-0.15, -0.1) is 11.3 Å². The Kier molecular flexibility index (Phi) is 4.62. The molecular formula is C11H8Br2ClNO2S2. The molecule has 1 heterocycles. The largest absolute Gasteiger partial charge is 0.279 e. The van der Waals surface area contributed by atoms with E-state index >= 15 is 0 Å². The first-order chi connectivity index (χ1) is 8.79. The van der Waals surface area contributed by atoms with E-state index in [0.29, 0.717) is 14.5 Å². The van der Waals surface area contributed by atoms with E-state index in [1.165, 1.54) is 6.07 Å². The normalized spacial score (nSPS) is 11.6. The molecule has 0 aliphatic heterocycles. The van der Waals surface area contributed by atoms with E-state index in [1.54, 1.807) is 12.1 Å². The summed E-state index contributed by atoms with van der Waals surface area (Å²) in [5.74, 6) is 0. The zero-order chi connectivity index (χ0) is 14.2. The molecule has 19 heavy (non-hydrogen) atoms. The number of hydrogen-bond acceptors (Lipinski definition) is 3. The Morgan fingerprint density at radius 2 is 1.95 bits per heavy atom. The smallest absolute Gasteiger partial charge is 0.271 e. The van der Waals surface area contributed by atoms with Crippen molar-refractivity contribution in [3.63, 3.8) is 0 Å². The molecule has 0 saturated heterocycles. The zero-order valence-corrected chi connectivity index (χ0v) is 15.1. The first-order valence-corrected chi connectivity index (χ1v) is 9.30. The second-order valence-electron chi connectivity index (χ2n) is 3.76. The van der Waals surface area contributed by atoms with Crippen molar-refractivity contribution < 1.29 is 8.42 Å². The summed E-state index contributed by atoms with van der Waals surface area (Å²) < 4.78 is 28.5. The van der Waals surface area contributed by atoms with Gasteiger partial charge in [0.05, 0.1) is 8.81 Å². The lowest BCUT2D eigenvalue weighted by atomic mass is 10.2. The predicted molar refractivity (Wildman–Crippen MR) is 86.7 cm³/mol. The second-order valence-corrected chi connectivity index (χ2v) is 9.30. The van der Waals surface area contributed by atoms with E-state index in [4.69, 9.17) is 11.6 Å². The number of nitrogens with one attached hydrogen (secondary N) is 1. The molecule has 0 aliphatic carbocycles. The van der Waals surface area contributed by atoms with Crippen molar-refractivity contribution >= 4 is 70.5 Å². The van der Waals surface area contributed by atoms with E-state index < -0.39 is 10.0 Å².